The number of anilines is 1. The van der Waals surface area contributed by atoms with Crippen LogP contribution in [0.2, 0.25) is 0 Å². The second kappa shape index (κ2) is 12.8. The Morgan fingerprint density at radius 2 is 1.74 bits per heavy atom. The lowest BCUT2D eigenvalue weighted by molar-refractivity contribution is -0.137. The molecule has 0 aromatic heterocycles. The standard InChI is InChI=1S/C30H30F3N3O5S/c1-2-42(39,40)27-13-5-20(6-14-27)28(15-16-34)35-29(38)21-3-9-23(10-4-21)36-18-26(17-24(36)19-37)41-25-11-7-22(8-12-25)30(31,32)33/h3-14,24,26,28,37H,2,15,17-19H2,1H3,(H,35,38)/t24-,26-,28-/m0/s1. The number of ether oxygens (including phenoxy) is 1. The molecule has 12 heteroatoms. The number of amides is 1. The third-order valence-electron chi connectivity index (χ3n) is 7.15. The number of carbonyl (C=O) groups excluding carboxylic acids is 1. The number of nitrogens with one attached hydrogen (secondary N) is 1. The SMILES string of the molecule is CCS(=O)(=O)c1ccc([C@H](CC#N)NC(=O)c2ccc(N3C[C@@H](Oc4ccc(C(F)(F)F)cc4)C[C@H]3CO)cc2)cc1. The van der Waals surface area contributed by atoms with Gasteiger partial charge in [-0.05, 0) is 66.2 Å². The summed E-state index contributed by atoms with van der Waals surface area (Å²) < 4.78 is 68.6. The highest BCUT2D eigenvalue weighted by atomic mass is 32.2. The lowest BCUT2D eigenvalue weighted by Gasteiger charge is -2.25. The summed E-state index contributed by atoms with van der Waals surface area (Å²) in [6, 6.07) is 18.3. The molecule has 0 unspecified atom stereocenters. The summed E-state index contributed by atoms with van der Waals surface area (Å²) in [5.74, 6) is -0.160. The summed E-state index contributed by atoms with van der Waals surface area (Å²) in [7, 11) is -3.38. The Labute approximate surface area is 242 Å². The van der Waals surface area contributed by atoms with Crippen LogP contribution in [0.25, 0.3) is 0 Å². The summed E-state index contributed by atoms with van der Waals surface area (Å²) in [5, 5.41) is 22.1. The van der Waals surface area contributed by atoms with E-state index in [2.05, 4.69) is 5.32 Å². The van der Waals surface area contributed by atoms with E-state index in [1.807, 2.05) is 11.0 Å². The maximum absolute atomic E-state index is 13.0. The van der Waals surface area contributed by atoms with Gasteiger partial charge in [-0.1, -0.05) is 19.1 Å². The van der Waals surface area contributed by atoms with Crippen LogP contribution in [0.3, 0.4) is 0 Å². The van der Waals surface area contributed by atoms with Crippen LogP contribution in [0, 0.1) is 11.3 Å². The summed E-state index contributed by atoms with van der Waals surface area (Å²) in [6.45, 7) is 1.77. The molecule has 1 fully saturated rings. The van der Waals surface area contributed by atoms with E-state index in [1.165, 1.54) is 24.3 Å². The number of hydrogen-bond donors (Lipinski definition) is 2. The smallest absolute Gasteiger partial charge is 0.416 e. The van der Waals surface area contributed by atoms with Gasteiger partial charge in [-0.25, -0.2) is 8.42 Å². The highest BCUT2D eigenvalue weighted by Crippen LogP contribution is 2.32. The molecular formula is C30H30F3N3O5S. The Morgan fingerprint density at radius 3 is 2.29 bits per heavy atom. The zero-order valence-corrected chi connectivity index (χ0v) is 23.5. The van der Waals surface area contributed by atoms with Crippen LogP contribution in [0.4, 0.5) is 18.9 Å². The molecule has 1 heterocycles. The van der Waals surface area contributed by atoms with Crippen molar-refractivity contribution in [3.8, 4) is 11.8 Å². The van der Waals surface area contributed by atoms with Gasteiger partial charge in [0.25, 0.3) is 5.91 Å². The molecule has 1 amide bonds. The highest BCUT2D eigenvalue weighted by molar-refractivity contribution is 7.91. The van der Waals surface area contributed by atoms with E-state index in [1.54, 1.807) is 43.3 Å². The predicted molar refractivity (Wildman–Crippen MR) is 150 cm³/mol. The number of benzene rings is 3. The molecule has 4 rings (SSSR count). The number of aliphatic hydroxyl groups excluding tert-OH is 1. The van der Waals surface area contributed by atoms with Crippen molar-refractivity contribution in [3.63, 3.8) is 0 Å². The molecule has 1 aliphatic rings. The minimum absolute atomic E-state index is 0.0179. The van der Waals surface area contributed by atoms with Crippen LogP contribution < -0.4 is 15.0 Å². The van der Waals surface area contributed by atoms with Gasteiger partial charge in [0, 0.05) is 17.7 Å². The fourth-order valence-corrected chi connectivity index (χ4v) is 5.71. The second-order valence-electron chi connectivity index (χ2n) is 9.89. The maximum Gasteiger partial charge on any atom is 0.416 e. The summed E-state index contributed by atoms with van der Waals surface area (Å²) in [4.78, 5) is 15.1. The molecule has 2 N–H and O–H groups in total. The van der Waals surface area contributed by atoms with Gasteiger partial charge in [-0.2, -0.15) is 18.4 Å². The quantitative estimate of drug-likeness (QED) is 0.339. The van der Waals surface area contributed by atoms with Gasteiger partial charge in [0.05, 0.1) is 53.9 Å². The van der Waals surface area contributed by atoms with Crippen LogP contribution in [0.1, 0.15) is 47.3 Å². The molecule has 1 saturated heterocycles. The third kappa shape index (κ3) is 7.21. The summed E-state index contributed by atoms with van der Waals surface area (Å²) in [6.07, 6.45) is -4.37. The molecule has 3 atom stereocenters. The van der Waals surface area contributed by atoms with Gasteiger partial charge in [-0.3, -0.25) is 4.79 Å². The van der Waals surface area contributed by atoms with E-state index in [-0.39, 0.29) is 35.8 Å². The molecule has 0 aliphatic carbocycles. The first-order chi connectivity index (χ1) is 19.9. The zero-order valence-electron chi connectivity index (χ0n) is 22.7. The lowest BCUT2D eigenvalue weighted by Crippen LogP contribution is -2.32. The van der Waals surface area contributed by atoms with Crippen molar-refractivity contribution < 1.29 is 36.2 Å². The first-order valence-corrected chi connectivity index (χ1v) is 14.9. The molecule has 42 heavy (non-hydrogen) atoms. The van der Waals surface area contributed by atoms with E-state index < -0.39 is 33.5 Å². The number of sulfone groups is 1. The van der Waals surface area contributed by atoms with Crippen LogP contribution in [0.5, 0.6) is 5.75 Å². The first kappa shape index (κ1) is 30.9. The van der Waals surface area contributed by atoms with Gasteiger partial charge in [0.1, 0.15) is 11.9 Å². The average molecular weight is 602 g/mol. The van der Waals surface area contributed by atoms with Crippen LogP contribution in [-0.4, -0.2) is 50.5 Å². The van der Waals surface area contributed by atoms with Crippen molar-refractivity contribution in [3.05, 3.63) is 89.5 Å². The molecule has 222 valence electrons. The van der Waals surface area contributed by atoms with Crippen molar-refractivity contribution in [2.75, 3.05) is 23.8 Å². The normalized spacial score (nSPS) is 17.9. The average Bonchev–Trinajstić information content (AvgIpc) is 3.39. The van der Waals surface area contributed by atoms with E-state index in [0.717, 1.165) is 17.8 Å². The Kier molecular flexibility index (Phi) is 9.43. The predicted octanol–water partition coefficient (Wildman–Crippen LogP) is 4.90. The van der Waals surface area contributed by atoms with Crippen LogP contribution in [0.15, 0.2) is 77.7 Å². The van der Waals surface area contributed by atoms with E-state index in [0.29, 0.717) is 29.8 Å². The number of nitrogens with zero attached hydrogens (tertiary/aromatic N) is 2. The molecule has 1 aliphatic heterocycles. The number of nitriles is 1. The third-order valence-corrected chi connectivity index (χ3v) is 8.91. The van der Waals surface area contributed by atoms with Crippen LogP contribution >= 0.6 is 0 Å². The summed E-state index contributed by atoms with van der Waals surface area (Å²) >= 11 is 0. The number of carbonyl (C=O) groups is 1. The van der Waals surface area contributed by atoms with E-state index >= 15 is 0 Å². The van der Waals surface area contributed by atoms with Crippen molar-refractivity contribution in [1.29, 1.82) is 5.26 Å². The maximum atomic E-state index is 13.0. The first-order valence-electron chi connectivity index (χ1n) is 13.3. The molecule has 8 nitrogen and oxygen atoms in total. The largest absolute Gasteiger partial charge is 0.489 e. The van der Waals surface area contributed by atoms with Crippen LogP contribution in [-0.2, 0) is 16.0 Å². The zero-order chi connectivity index (χ0) is 30.5. The number of hydrogen-bond acceptors (Lipinski definition) is 7. The molecular weight excluding hydrogens is 571 g/mol. The summed E-state index contributed by atoms with van der Waals surface area (Å²) in [5.41, 5.74) is 0.896. The molecule has 0 saturated carbocycles. The van der Waals surface area contributed by atoms with Gasteiger partial charge in [0.2, 0.25) is 0 Å². The molecule has 0 radical (unpaired) electrons. The van der Waals surface area contributed by atoms with Gasteiger partial charge in [-0.15, -0.1) is 0 Å². The topological polar surface area (TPSA) is 120 Å². The second-order valence-corrected chi connectivity index (χ2v) is 12.2. The molecule has 3 aromatic carbocycles. The Morgan fingerprint density at radius 1 is 1.10 bits per heavy atom. The fourth-order valence-electron chi connectivity index (χ4n) is 4.83. The number of rotatable bonds is 10. The van der Waals surface area contributed by atoms with Crippen molar-refractivity contribution in [2.45, 2.75) is 49.0 Å². The number of aliphatic hydroxyl groups is 1. The van der Waals surface area contributed by atoms with Crippen molar-refractivity contribution >= 4 is 21.4 Å². The Balaban J connectivity index is 1.41. The van der Waals surface area contributed by atoms with E-state index in [4.69, 9.17) is 4.74 Å². The Hall–Kier alpha value is -4.08. The monoisotopic (exact) mass is 601 g/mol. The number of halogens is 3. The Bertz CT molecular complexity index is 1520. The molecule has 3 aromatic rings. The van der Waals surface area contributed by atoms with Crippen molar-refractivity contribution in [1.82, 2.24) is 5.32 Å². The minimum Gasteiger partial charge on any atom is -0.489 e. The molecule has 0 spiro atoms. The number of alkyl halides is 3. The minimum atomic E-state index is -4.43. The fraction of sp³-hybridized carbons (Fsp3) is 0.333. The highest BCUT2D eigenvalue weighted by Gasteiger charge is 2.34. The van der Waals surface area contributed by atoms with Crippen molar-refractivity contribution in [2.24, 2.45) is 0 Å². The molecule has 0 bridgehead atoms. The van der Waals surface area contributed by atoms with E-state index in [9.17, 15) is 36.8 Å². The van der Waals surface area contributed by atoms with Gasteiger partial charge < -0.3 is 20.1 Å². The van der Waals surface area contributed by atoms with Gasteiger partial charge in [0.15, 0.2) is 9.84 Å². The van der Waals surface area contributed by atoms with Gasteiger partial charge >= 0.3 is 6.18 Å². The lowest BCUT2D eigenvalue weighted by atomic mass is 10.0.